The lowest BCUT2D eigenvalue weighted by Crippen LogP contribution is -2.44. The molecule has 0 heterocycles. The van der Waals surface area contributed by atoms with Gasteiger partial charge in [0.25, 0.3) is 0 Å². The van der Waals surface area contributed by atoms with Gasteiger partial charge in [0.05, 0.1) is 0 Å². The molecule has 0 saturated carbocycles. The largest absolute Gasteiger partial charge is 0.312 e. The third-order valence-electron chi connectivity index (χ3n) is 3.12. The van der Waals surface area contributed by atoms with Crippen LogP contribution in [0.3, 0.4) is 0 Å². The Morgan fingerprint density at radius 3 is 2.25 bits per heavy atom. The molecule has 0 rings (SSSR count). The maximum Gasteiger partial charge on any atom is 0.0102 e. The Morgan fingerprint density at radius 1 is 1.25 bits per heavy atom. The second-order valence-corrected chi connectivity index (χ2v) is 6.81. The molecule has 3 heteroatoms. The quantitative estimate of drug-likeness (QED) is 0.743. The molecule has 2 unspecified atom stereocenters. The fourth-order valence-electron chi connectivity index (χ4n) is 1.51. The first-order valence-corrected chi connectivity index (χ1v) is 7.61. The van der Waals surface area contributed by atoms with Gasteiger partial charge in [-0.2, -0.15) is 11.8 Å². The molecule has 16 heavy (non-hydrogen) atoms. The van der Waals surface area contributed by atoms with Gasteiger partial charge in [-0.25, -0.2) is 0 Å². The van der Waals surface area contributed by atoms with Crippen LogP contribution in [0, 0.1) is 5.92 Å². The zero-order chi connectivity index (χ0) is 12.8. The summed E-state index contributed by atoms with van der Waals surface area (Å²) < 4.78 is 0. The van der Waals surface area contributed by atoms with E-state index in [0.29, 0.717) is 12.0 Å². The predicted molar refractivity (Wildman–Crippen MR) is 77.4 cm³/mol. The topological polar surface area (TPSA) is 15.3 Å². The summed E-state index contributed by atoms with van der Waals surface area (Å²) in [7, 11) is 2.23. The van der Waals surface area contributed by atoms with Crippen molar-refractivity contribution in [1.29, 1.82) is 0 Å². The summed E-state index contributed by atoms with van der Waals surface area (Å²) in [6.07, 6.45) is 2.17. The Bertz CT molecular complexity index is 177. The van der Waals surface area contributed by atoms with Crippen LogP contribution in [0.1, 0.15) is 34.6 Å². The van der Waals surface area contributed by atoms with Crippen LogP contribution < -0.4 is 5.32 Å². The highest BCUT2D eigenvalue weighted by atomic mass is 32.2. The normalized spacial score (nSPS) is 16.5. The Balaban J connectivity index is 3.92. The van der Waals surface area contributed by atoms with Crippen molar-refractivity contribution < 1.29 is 0 Å². The molecule has 1 N–H and O–H groups in total. The maximum absolute atomic E-state index is 3.58. The summed E-state index contributed by atoms with van der Waals surface area (Å²) in [4.78, 5) is 2.46. The third-order valence-corrected chi connectivity index (χ3v) is 3.71. The predicted octanol–water partition coefficient (Wildman–Crippen LogP) is 2.69. The number of nitrogens with zero attached hydrogens (tertiary/aromatic N) is 1. The van der Waals surface area contributed by atoms with Crippen molar-refractivity contribution in [2.75, 3.05) is 32.1 Å². The van der Waals surface area contributed by atoms with E-state index in [-0.39, 0.29) is 5.54 Å². The summed E-state index contributed by atoms with van der Waals surface area (Å²) >= 11 is 1.92. The first-order valence-electron chi connectivity index (χ1n) is 6.22. The molecular weight excluding hydrogens is 216 g/mol. The average Bonchev–Trinajstić information content (AvgIpc) is 2.20. The molecule has 0 aliphatic carbocycles. The zero-order valence-electron chi connectivity index (χ0n) is 12.1. The molecule has 0 radical (unpaired) electrons. The van der Waals surface area contributed by atoms with E-state index in [1.807, 2.05) is 11.8 Å². The molecule has 2 nitrogen and oxygen atoms in total. The van der Waals surface area contributed by atoms with Crippen molar-refractivity contribution in [1.82, 2.24) is 10.2 Å². The summed E-state index contributed by atoms with van der Waals surface area (Å²) in [5.41, 5.74) is 0.228. The molecule has 0 aliphatic rings. The fourth-order valence-corrected chi connectivity index (χ4v) is 1.98. The van der Waals surface area contributed by atoms with Crippen LogP contribution in [0.25, 0.3) is 0 Å². The SMILES string of the molecule is CSCCN(C)C(C)C(C)CNC(C)(C)C. The number of hydrogen-bond donors (Lipinski definition) is 1. The lowest BCUT2D eigenvalue weighted by atomic mass is 10.0. The van der Waals surface area contributed by atoms with Crippen molar-refractivity contribution >= 4 is 11.8 Å². The highest BCUT2D eigenvalue weighted by molar-refractivity contribution is 7.98. The van der Waals surface area contributed by atoms with Gasteiger partial charge >= 0.3 is 0 Å². The van der Waals surface area contributed by atoms with Gasteiger partial charge in [0.2, 0.25) is 0 Å². The third kappa shape index (κ3) is 7.53. The van der Waals surface area contributed by atoms with E-state index in [9.17, 15) is 0 Å². The van der Waals surface area contributed by atoms with E-state index in [0.717, 1.165) is 6.54 Å². The van der Waals surface area contributed by atoms with E-state index in [1.165, 1.54) is 12.3 Å². The van der Waals surface area contributed by atoms with Crippen LogP contribution in [0.15, 0.2) is 0 Å². The average molecular weight is 246 g/mol. The lowest BCUT2D eigenvalue weighted by molar-refractivity contribution is 0.198. The first kappa shape index (κ1) is 16.3. The number of nitrogens with one attached hydrogen (secondary N) is 1. The van der Waals surface area contributed by atoms with E-state index < -0.39 is 0 Å². The van der Waals surface area contributed by atoms with Gasteiger partial charge in [-0.3, -0.25) is 0 Å². The highest BCUT2D eigenvalue weighted by Crippen LogP contribution is 2.10. The minimum absolute atomic E-state index is 0.228. The monoisotopic (exact) mass is 246 g/mol. The molecule has 0 spiro atoms. The Kier molecular flexibility index (Phi) is 7.70. The van der Waals surface area contributed by atoms with Crippen molar-refractivity contribution in [3.8, 4) is 0 Å². The number of thioether (sulfide) groups is 1. The van der Waals surface area contributed by atoms with Crippen LogP contribution in [-0.2, 0) is 0 Å². The van der Waals surface area contributed by atoms with Crippen molar-refractivity contribution in [3.05, 3.63) is 0 Å². The van der Waals surface area contributed by atoms with Crippen LogP contribution >= 0.6 is 11.8 Å². The van der Waals surface area contributed by atoms with E-state index in [4.69, 9.17) is 0 Å². The van der Waals surface area contributed by atoms with Gasteiger partial charge < -0.3 is 10.2 Å². The molecule has 0 aromatic rings. The number of hydrogen-bond acceptors (Lipinski definition) is 3. The lowest BCUT2D eigenvalue weighted by Gasteiger charge is -2.32. The van der Waals surface area contributed by atoms with Gasteiger partial charge in [0, 0.05) is 23.9 Å². The van der Waals surface area contributed by atoms with Crippen molar-refractivity contribution in [2.24, 2.45) is 5.92 Å². The summed E-state index contributed by atoms with van der Waals surface area (Å²) in [6, 6.07) is 0.641. The summed E-state index contributed by atoms with van der Waals surface area (Å²) in [5.74, 6) is 1.91. The molecule has 0 aliphatic heterocycles. The van der Waals surface area contributed by atoms with Gasteiger partial charge in [-0.1, -0.05) is 6.92 Å². The van der Waals surface area contributed by atoms with Crippen LogP contribution in [0.4, 0.5) is 0 Å². The van der Waals surface area contributed by atoms with Gasteiger partial charge in [-0.05, 0) is 53.5 Å². The number of rotatable bonds is 7. The van der Waals surface area contributed by atoms with Gasteiger partial charge in [0.15, 0.2) is 0 Å². The molecule has 0 fully saturated rings. The highest BCUT2D eigenvalue weighted by Gasteiger charge is 2.18. The van der Waals surface area contributed by atoms with Gasteiger partial charge in [-0.15, -0.1) is 0 Å². The van der Waals surface area contributed by atoms with Crippen LogP contribution in [0.2, 0.25) is 0 Å². The van der Waals surface area contributed by atoms with E-state index in [2.05, 4.69) is 58.1 Å². The second kappa shape index (κ2) is 7.57. The molecule has 98 valence electrons. The molecule has 0 saturated heterocycles. The summed E-state index contributed by atoms with van der Waals surface area (Å²) in [6.45, 7) is 13.6. The molecule has 0 amide bonds. The van der Waals surface area contributed by atoms with Crippen LogP contribution in [-0.4, -0.2) is 48.6 Å². The Labute approximate surface area is 107 Å². The van der Waals surface area contributed by atoms with Gasteiger partial charge in [0.1, 0.15) is 0 Å². The Morgan fingerprint density at radius 2 is 1.81 bits per heavy atom. The minimum atomic E-state index is 0.228. The molecule has 0 aromatic heterocycles. The Hall–Kier alpha value is 0.270. The first-order chi connectivity index (χ1) is 7.28. The molecular formula is C13H30N2S. The minimum Gasteiger partial charge on any atom is -0.312 e. The van der Waals surface area contributed by atoms with E-state index in [1.54, 1.807) is 0 Å². The van der Waals surface area contributed by atoms with Crippen LogP contribution in [0.5, 0.6) is 0 Å². The maximum atomic E-state index is 3.58. The smallest absolute Gasteiger partial charge is 0.0102 e. The van der Waals surface area contributed by atoms with Crippen molar-refractivity contribution in [2.45, 2.75) is 46.2 Å². The standard InChI is InChI=1S/C13H30N2S/c1-11(10-14-13(3,4)5)12(2)15(6)8-9-16-7/h11-12,14H,8-10H2,1-7H3. The van der Waals surface area contributed by atoms with Crippen molar-refractivity contribution in [3.63, 3.8) is 0 Å². The fraction of sp³-hybridized carbons (Fsp3) is 1.00. The molecule has 2 atom stereocenters. The molecule has 0 aromatic carbocycles. The molecule has 0 bridgehead atoms. The zero-order valence-corrected chi connectivity index (χ0v) is 12.9. The van der Waals surface area contributed by atoms with E-state index >= 15 is 0 Å². The summed E-state index contributed by atoms with van der Waals surface area (Å²) in [5, 5.41) is 3.58. The second-order valence-electron chi connectivity index (χ2n) is 5.82.